The van der Waals surface area contributed by atoms with Crippen LogP contribution in [0.3, 0.4) is 0 Å². The Morgan fingerprint density at radius 3 is 2.24 bits per heavy atom. The Kier molecular flexibility index (Phi) is 5.38. The molecule has 0 bridgehead atoms. The molecule has 124 valence electrons. The normalized spacial score (nSPS) is 32.0. The molecule has 2 heterocycles. The van der Waals surface area contributed by atoms with Crippen LogP contribution in [0.1, 0.15) is 60.8 Å². The van der Waals surface area contributed by atoms with Crippen molar-refractivity contribution in [3.05, 3.63) is 0 Å². The topological polar surface area (TPSA) is 24.5 Å². The molecule has 0 aromatic carbocycles. The van der Waals surface area contributed by atoms with Gasteiger partial charge in [0.25, 0.3) is 0 Å². The maximum Gasteiger partial charge on any atom is 0.0707 e. The van der Waals surface area contributed by atoms with Crippen molar-refractivity contribution in [1.29, 1.82) is 0 Å². The summed E-state index contributed by atoms with van der Waals surface area (Å²) >= 11 is 0. The van der Waals surface area contributed by atoms with E-state index in [0.29, 0.717) is 17.6 Å². The smallest absolute Gasteiger partial charge is 0.0707 e. The molecule has 0 saturated carbocycles. The van der Waals surface area contributed by atoms with E-state index in [-0.39, 0.29) is 5.54 Å². The molecule has 2 aliphatic rings. The van der Waals surface area contributed by atoms with Crippen LogP contribution in [0.25, 0.3) is 0 Å². The minimum Gasteiger partial charge on any atom is -0.372 e. The summed E-state index contributed by atoms with van der Waals surface area (Å²) in [5.41, 5.74) is 0.640. The van der Waals surface area contributed by atoms with Gasteiger partial charge in [-0.3, -0.25) is 0 Å². The van der Waals surface area contributed by atoms with Crippen molar-refractivity contribution in [3.63, 3.8) is 0 Å². The van der Waals surface area contributed by atoms with E-state index < -0.39 is 0 Å². The molecule has 3 atom stereocenters. The maximum absolute atomic E-state index is 6.24. The lowest BCUT2D eigenvalue weighted by Crippen LogP contribution is -2.41. The van der Waals surface area contributed by atoms with E-state index >= 15 is 0 Å². The zero-order valence-corrected chi connectivity index (χ0v) is 15.0. The number of hydrogen-bond donors (Lipinski definition) is 1. The average molecular weight is 296 g/mol. The molecule has 0 aliphatic carbocycles. The third-order valence-electron chi connectivity index (χ3n) is 5.01. The van der Waals surface area contributed by atoms with Gasteiger partial charge in [0.1, 0.15) is 0 Å². The van der Waals surface area contributed by atoms with Crippen LogP contribution in [0, 0.1) is 11.3 Å². The molecule has 1 N–H and O–H groups in total. The third-order valence-corrected chi connectivity index (χ3v) is 5.01. The van der Waals surface area contributed by atoms with Crippen molar-refractivity contribution < 1.29 is 4.74 Å². The van der Waals surface area contributed by atoms with Gasteiger partial charge >= 0.3 is 0 Å². The molecule has 2 aliphatic heterocycles. The lowest BCUT2D eigenvalue weighted by molar-refractivity contribution is 0.0234. The summed E-state index contributed by atoms with van der Waals surface area (Å²) in [6, 6.07) is 0. The Bertz CT molecular complexity index is 329. The second kappa shape index (κ2) is 6.55. The molecule has 3 unspecified atom stereocenters. The Labute approximate surface area is 131 Å². The molecule has 21 heavy (non-hydrogen) atoms. The zero-order valence-electron chi connectivity index (χ0n) is 15.0. The SMILES string of the molecule is CC(C)(C)NCC1CCC(CN2CCC(C(C)(C)C)C2)O1. The Hall–Kier alpha value is -0.120. The van der Waals surface area contributed by atoms with Crippen LogP contribution in [0.2, 0.25) is 0 Å². The first kappa shape index (κ1) is 17.2. The molecule has 0 spiro atoms. The van der Waals surface area contributed by atoms with Gasteiger partial charge in [-0.2, -0.15) is 0 Å². The second-order valence-corrected chi connectivity index (χ2v) is 9.20. The van der Waals surface area contributed by atoms with E-state index in [2.05, 4.69) is 51.8 Å². The zero-order chi connectivity index (χ0) is 15.7. The number of rotatable bonds is 4. The fraction of sp³-hybridized carbons (Fsp3) is 1.00. The molecule has 0 amide bonds. The van der Waals surface area contributed by atoms with Crippen molar-refractivity contribution in [2.75, 3.05) is 26.2 Å². The van der Waals surface area contributed by atoms with Crippen molar-refractivity contribution in [2.24, 2.45) is 11.3 Å². The van der Waals surface area contributed by atoms with Crippen molar-refractivity contribution in [3.8, 4) is 0 Å². The molecule has 3 nitrogen and oxygen atoms in total. The van der Waals surface area contributed by atoms with E-state index in [9.17, 15) is 0 Å². The molecular formula is C18H36N2O. The standard InChI is InChI=1S/C18H36N2O/c1-17(2,3)14-9-10-20(12-14)13-16-8-7-15(21-16)11-19-18(4,5)6/h14-16,19H,7-13H2,1-6H3. The number of ether oxygens (including phenoxy) is 1. The summed E-state index contributed by atoms with van der Waals surface area (Å²) in [7, 11) is 0. The summed E-state index contributed by atoms with van der Waals surface area (Å²) in [5, 5.41) is 3.57. The highest BCUT2D eigenvalue weighted by Gasteiger charge is 2.34. The van der Waals surface area contributed by atoms with Gasteiger partial charge in [0.05, 0.1) is 12.2 Å². The van der Waals surface area contributed by atoms with Gasteiger partial charge in [-0.05, 0) is 57.9 Å². The Morgan fingerprint density at radius 2 is 1.67 bits per heavy atom. The van der Waals surface area contributed by atoms with Crippen LogP contribution in [0.15, 0.2) is 0 Å². The fourth-order valence-electron chi connectivity index (χ4n) is 3.48. The van der Waals surface area contributed by atoms with Gasteiger partial charge in [-0.15, -0.1) is 0 Å². The van der Waals surface area contributed by atoms with Crippen LogP contribution < -0.4 is 5.32 Å². The molecule has 3 heteroatoms. The molecule has 2 rings (SSSR count). The van der Waals surface area contributed by atoms with E-state index in [4.69, 9.17) is 4.74 Å². The number of nitrogens with zero attached hydrogens (tertiary/aromatic N) is 1. The largest absolute Gasteiger partial charge is 0.372 e. The fourth-order valence-corrected chi connectivity index (χ4v) is 3.48. The molecule has 0 aromatic heterocycles. The highest BCUT2D eigenvalue weighted by Crippen LogP contribution is 2.34. The monoisotopic (exact) mass is 296 g/mol. The van der Waals surface area contributed by atoms with Gasteiger partial charge in [0.2, 0.25) is 0 Å². The maximum atomic E-state index is 6.24. The lowest BCUT2D eigenvalue weighted by atomic mass is 9.80. The summed E-state index contributed by atoms with van der Waals surface area (Å²) in [5.74, 6) is 0.845. The molecule has 0 aromatic rings. The quantitative estimate of drug-likeness (QED) is 0.861. The number of nitrogens with one attached hydrogen (secondary N) is 1. The van der Waals surface area contributed by atoms with Gasteiger partial charge in [0, 0.05) is 25.2 Å². The molecule has 2 fully saturated rings. The predicted octanol–water partition coefficient (Wildman–Crippen LogP) is 3.29. The minimum atomic E-state index is 0.191. The van der Waals surface area contributed by atoms with Crippen LogP contribution in [-0.4, -0.2) is 48.8 Å². The number of hydrogen-bond acceptors (Lipinski definition) is 3. The van der Waals surface area contributed by atoms with Crippen molar-refractivity contribution in [1.82, 2.24) is 10.2 Å². The van der Waals surface area contributed by atoms with E-state index in [1.807, 2.05) is 0 Å². The van der Waals surface area contributed by atoms with Crippen molar-refractivity contribution in [2.45, 2.75) is 78.6 Å². The second-order valence-electron chi connectivity index (χ2n) is 9.20. The van der Waals surface area contributed by atoms with E-state index in [1.54, 1.807) is 0 Å². The predicted molar refractivity (Wildman–Crippen MR) is 89.7 cm³/mol. The lowest BCUT2D eigenvalue weighted by Gasteiger charge is -2.28. The molecular weight excluding hydrogens is 260 g/mol. The average Bonchev–Trinajstić information content (AvgIpc) is 2.94. The first-order chi connectivity index (χ1) is 9.63. The Morgan fingerprint density at radius 1 is 1.00 bits per heavy atom. The minimum absolute atomic E-state index is 0.191. The van der Waals surface area contributed by atoms with Crippen LogP contribution in [0.4, 0.5) is 0 Å². The first-order valence-corrected chi connectivity index (χ1v) is 8.76. The van der Waals surface area contributed by atoms with Crippen LogP contribution in [-0.2, 0) is 4.74 Å². The molecule has 2 saturated heterocycles. The van der Waals surface area contributed by atoms with Gasteiger partial charge in [0.15, 0.2) is 0 Å². The first-order valence-electron chi connectivity index (χ1n) is 8.76. The highest BCUT2D eigenvalue weighted by atomic mass is 16.5. The van der Waals surface area contributed by atoms with Crippen LogP contribution in [0.5, 0.6) is 0 Å². The van der Waals surface area contributed by atoms with Gasteiger partial charge in [-0.25, -0.2) is 0 Å². The molecule has 0 radical (unpaired) electrons. The van der Waals surface area contributed by atoms with E-state index in [1.165, 1.54) is 32.4 Å². The third kappa shape index (κ3) is 5.54. The van der Waals surface area contributed by atoms with Gasteiger partial charge < -0.3 is 15.0 Å². The van der Waals surface area contributed by atoms with E-state index in [0.717, 1.165) is 19.0 Å². The van der Waals surface area contributed by atoms with Crippen LogP contribution >= 0.6 is 0 Å². The summed E-state index contributed by atoms with van der Waals surface area (Å²) in [6.07, 6.45) is 4.66. The Balaban J connectivity index is 1.69. The summed E-state index contributed by atoms with van der Waals surface area (Å²) < 4.78 is 6.24. The summed E-state index contributed by atoms with van der Waals surface area (Å²) in [4.78, 5) is 2.63. The van der Waals surface area contributed by atoms with Gasteiger partial charge in [-0.1, -0.05) is 20.8 Å². The highest BCUT2D eigenvalue weighted by molar-refractivity contribution is 4.87. The van der Waals surface area contributed by atoms with Crippen molar-refractivity contribution >= 4 is 0 Å². The summed E-state index contributed by atoms with van der Waals surface area (Å²) in [6.45, 7) is 18.4. The number of likely N-dealkylation sites (tertiary alicyclic amines) is 1.